The number of nitrogens with zero attached hydrogens (tertiary/aromatic N) is 1. The summed E-state index contributed by atoms with van der Waals surface area (Å²) in [6.45, 7) is 2.04. The molecule has 0 atom stereocenters. The summed E-state index contributed by atoms with van der Waals surface area (Å²) in [4.78, 5) is 11.7. The lowest BCUT2D eigenvalue weighted by Crippen LogP contribution is -2.08. The average Bonchev–Trinajstić information content (AvgIpc) is 2.71. The van der Waals surface area contributed by atoms with Crippen molar-refractivity contribution in [1.82, 2.24) is 4.57 Å². The topological polar surface area (TPSA) is 31.2 Å². The van der Waals surface area contributed by atoms with Crippen LogP contribution in [0.3, 0.4) is 0 Å². The molecule has 0 saturated carbocycles. The highest BCUT2D eigenvalue weighted by molar-refractivity contribution is 5.95. The summed E-state index contributed by atoms with van der Waals surface area (Å²) in [6, 6.07) is 10.0. The molecule has 0 saturated heterocycles. The maximum atomic E-state index is 11.7. The van der Waals surface area contributed by atoms with Crippen molar-refractivity contribution >= 4 is 5.97 Å². The number of rotatable bonds is 2. The van der Waals surface area contributed by atoms with E-state index in [1.165, 1.54) is 12.7 Å². The second-order valence-electron chi connectivity index (χ2n) is 4.05. The van der Waals surface area contributed by atoms with Gasteiger partial charge >= 0.3 is 5.97 Å². The fourth-order valence-electron chi connectivity index (χ4n) is 1.85. The van der Waals surface area contributed by atoms with Crippen LogP contribution >= 0.6 is 0 Å². The predicted octanol–water partition coefficient (Wildman–Crippen LogP) is 2.79. The summed E-state index contributed by atoms with van der Waals surface area (Å²) in [5.74, 6) is -0.312. The number of ether oxygens (including phenoxy) is 1. The highest BCUT2D eigenvalue weighted by Gasteiger charge is 2.16. The van der Waals surface area contributed by atoms with Crippen molar-refractivity contribution < 1.29 is 9.53 Å². The van der Waals surface area contributed by atoms with Gasteiger partial charge in [-0.05, 0) is 18.6 Å². The van der Waals surface area contributed by atoms with Gasteiger partial charge in [0.2, 0.25) is 0 Å². The predicted molar refractivity (Wildman–Crippen MR) is 66.9 cm³/mol. The number of esters is 1. The SMILES string of the molecule is COC(=O)c1c(-c2ccc(C)cc2)ccn1C. The van der Waals surface area contributed by atoms with E-state index in [0.717, 1.165) is 11.1 Å². The van der Waals surface area contributed by atoms with E-state index in [-0.39, 0.29) is 5.97 Å². The normalized spacial score (nSPS) is 10.3. The summed E-state index contributed by atoms with van der Waals surface area (Å²) in [5.41, 5.74) is 3.71. The van der Waals surface area contributed by atoms with Gasteiger partial charge in [0.1, 0.15) is 5.69 Å². The van der Waals surface area contributed by atoms with Crippen LogP contribution in [0.2, 0.25) is 0 Å². The van der Waals surface area contributed by atoms with Crippen LogP contribution in [0.5, 0.6) is 0 Å². The van der Waals surface area contributed by atoms with Gasteiger partial charge in [-0.3, -0.25) is 0 Å². The standard InChI is InChI=1S/C14H15NO2/c1-10-4-6-11(7-5-10)12-8-9-15(2)13(12)14(16)17-3/h4-9H,1-3H3. The molecule has 3 heteroatoms. The van der Waals surface area contributed by atoms with Gasteiger partial charge < -0.3 is 9.30 Å². The molecule has 2 aromatic rings. The highest BCUT2D eigenvalue weighted by Crippen LogP contribution is 2.25. The largest absolute Gasteiger partial charge is 0.464 e. The highest BCUT2D eigenvalue weighted by atomic mass is 16.5. The van der Waals surface area contributed by atoms with E-state index in [0.29, 0.717) is 5.69 Å². The summed E-state index contributed by atoms with van der Waals surface area (Å²) in [5, 5.41) is 0. The number of aryl methyl sites for hydroxylation is 2. The van der Waals surface area contributed by atoms with Crippen LogP contribution in [-0.4, -0.2) is 17.6 Å². The van der Waals surface area contributed by atoms with Crippen molar-refractivity contribution in [3.8, 4) is 11.1 Å². The lowest BCUT2D eigenvalue weighted by molar-refractivity contribution is 0.0591. The van der Waals surface area contributed by atoms with Gasteiger partial charge in [-0.2, -0.15) is 0 Å². The zero-order valence-corrected chi connectivity index (χ0v) is 10.2. The fraction of sp³-hybridized carbons (Fsp3) is 0.214. The molecule has 2 rings (SSSR count). The molecule has 1 heterocycles. The minimum Gasteiger partial charge on any atom is -0.464 e. The third-order valence-corrected chi connectivity index (χ3v) is 2.81. The maximum Gasteiger partial charge on any atom is 0.355 e. The molecular formula is C14H15NO2. The molecule has 0 N–H and O–H groups in total. The van der Waals surface area contributed by atoms with Crippen molar-refractivity contribution in [3.05, 3.63) is 47.8 Å². The first kappa shape index (κ1) is 11.5. The van der Waals surface area contributed by atoms with Crippen LogP contribution in [0.4, 0.5) is 0 Å². The Morgan fingerprint density at radius 2 is 1.82 bits per heavy atom. The molecule has 3 nitrogen and oxygen atoms in total. The second-order valence-corrected chi connectivity index (χ2v) is 4.05. The van der Waals surface area contributed by atoms with E-state index in [4.69, 9.17) is 4.74 Å². The molecular weight excluding hydrogens is 214 g/mol. The van der Waals surface area contributed by atoms with Gasteiger partial charge in [0, 0.05) is 18.8 Å². The number of hydrogen-bond acceptors (Lipinski definition) is 2. The monoisotopic (exact) mass is 229 g/mol. The Morgan fingerprint density at radius 3 is 2.41 bits per heavy atom. The summed E-state index contributed by atoms with van der Waals surface area (Å²) >= 11 is 0. The van der Waals surface area contributed by atoms with Gasteiger partial charge in [0.15, 0.2) is 0 Å². The molecule has 88 valence electrons. The second kappa shape index (κ2) is 4.45. The third-order valence-electron chi connectivity index (χ3n) is 2.81. The Bertz CT molecular complexity index is 538. The van der Waals surface area contributed by atoms with E-state index in [9.17, 15) is 4.79 Å². The molecule has 1 aromatic heterocycles. The lowest BCUT2D eigenvalue weighted by Gasteiger charge is -2.06. The zero-order chi connectivity index (χ0) is 12.4. The van der Waals surface area contributed by atoms with E-state index >= 15 is 0 Å². The minimum absolute atomic E-state index is 0.312. The van der Waals surface area contributed by atoms with Crippen LogP contribution in [-0.2, 0) is 11.8 Å². The van der Waals surface area contributed by atoms with E-state index < -0.39 is 0 Å². The van der Waals surface area contributed by atoms with Crippen molar-refractivity contribution in [3.63, 3.8) is 0 Å². The van der Waals surface area contributed by atoms with Crippen LogP contribution in [0, 0.1) is 6.92 Å². The summed E-state index contributed by atoms with van der Waals surface area (Å²) in [6.07, 6.45) is 1.86. The fourth-order valence-corrected chi connectivity index (χ4v) is 1.85. The van der Waals surface area contributed by atoms with Gasteiger partial charge in [-0.1, -0.05) is 29.8 Å². The molecule has 1 aromatic carbocycles. The number of carbonyl (C=O) groups excluding carboxylic acids is 1. The molecule has 0 spiro atoms. The van der Waals surface area contributed by atoms with Crippen molar-refractivity contribution in [1.29, 1.82) is 0 Å². The van der Waals surface area contributed by atoms with E-state index in [1.807, 2.05) is 50.5 Å². The van der Waals surface area contributed by atoms with Crippen molar-refractivity contribution in [2.45, 2.75) is 6.92 Å². The van der Waals surface area contributed by atoms with Gasteiger partial charge in [0.25, 0.3) is 0 Å². The Labute approximate surface area is 101 Å². The lowest BCUT2D eigenvalue weighted by atomic mass is 10.0. The molecule has 0 radical (unpaired) electrons. The molecule has 0 amide bonds. The molecule has 0 aliphatic heterocycles. The number of hydrogen-bond donors (Lipinski definition) is 0. The first-order valence-corrected chi connectivity index (χ1v) is 5.44. The third kappa shape index (κ3) is 2.09. The first-order chi connectivity index (χ1) is 8.13. The van der Waals surface area contributed by atoms with E-state index in [2.05, 4.69) is 0 Å². The Hall–Kier alpha value is -2.03. The Morgan fingerprint density at radius 1 is 1.18 bits per heavy atom. The van der Waals surface area contributed by atoms with Gasteiger partial charge in [-0.15, -0.1) is 0 Å². The van der Waals surface area contributed by atoms with Crippen molar-refractivity contribution in [2.24, 2.45) is 7.05 Å². The Kier molecular flexibility index (Phi) is 3.00. The molecule has 0 fully saturated rings. The smallest absolute Gasteiger partial charge is 0.355 e. The zero-order valence-electron chi connectivity index (χ0n) is 10.2. The minimum atomic E-state index is -0.312. The molecule has 0 bridgehead atoms. The number of aromatic nitrogens is 1. The van der Waals surface area contributed by atoms with Gasteiger partial charge in [-0.25, -0.2) is 4.79 Å². The van der Waals surface area contributed by atoms with Crippen LogP contribution in [0.25, 0.3) is 11.1 Å². The van der Waals surface area contributed by atoms with E-state index in [1.54, 1.807) is 4.57 Å². The number of carbonyl (C=O) groups is 1. The molecule has 0 aliphatic rings. The Balaban J connectivity index is 2.52. The quantitative estimate of drug-likeness (QED) is 0.741. The number of benzene rings is 1. The first-order valence-electron chi connectivity index (χ1n) is 5.44. The van der Waals surface area contributed by atoms with Gasteiger partial charge in [0.05, 0.1) is 7.11 Å². The van der Waals surface area contributed by atoms with Crippen molar-refractivity contribution in [2.75, 3.05) is 7.11 Å². The molecule has 0 unspecified atom stereocenters. The summed E-state index contributed by atoms with van der Waals surface area (Å²) in [7, 11) is 3.23. The summed E-state index contributed by atoms with van der Waals surface area (Å²) < 4.78 is 6.58. The average molecular weight is 229 g/mol. The molecule has 0 aliphatic carbocycles. The van der Waals surface area contributed by atoms with Crippen LogP contribution in [0.15, 0.2) is 36.5 Å². The molecule has 17 heavy (non-hydrogen) atoms. The van der Waals surface area contributed by atoms with Crippen LogP contribution < -0.4 is 0 Å². The van der Waals surface area contributed by atoms with Crippen LogP contribution in [0.1, 0.15) is 16.1 Å². The number of methoxy groups -OCH3 is 1. The maximum absolute atomic E-state index is 11.7.